The van der Waals surface area contributed by atoms with Gasteiger partial charge in [0.2, 0.25) is 0 Å². The van der Waals surface area contributed by atoms with Crippen LogP contribution in [0.15, 0.2) is 36.4 Å². The Morgan fingerprint density at radius 2 is 2.00 bits per heavy atom. The maximum absolute atomic E-state index is 10.00. The van der Waals surface area contributed by atoms with Crippen molar-refractivity contribution in [3.05, 3.63) is 42.0 Å². The number of alkyl halides is 2. The van der Waals surface area contributed by atoms with E-state index in [4.69, 9.17) is 0 Å². The molecular weight excluding hydrogens is 368 g/mol. The van der Waals surface area contributed by atoms with Crippen molar-refractivity contribution in [1.82, 2.24) is 0 Å². The third-order valence-corrected chi connectivity index (χ3v) is 4.30. The van der Waals surface area contributed by atoms with Crippen LogP contribution < -0.4 is 0 Å². The molecule has 1 aromatic rings. The van der Waals surface area contributed by atoms with E-state index in [1.807, 2.05) is 36.4 Å². The highest BCUT2D eigenvalue weighted by Crippen LogP contribution is 2.35. The first-order chi connectivity index (χ1) is 9.06. The molecule has 1 rings (SSSR count). The average Bonchev–Trinajstić information content (AvgIpc) is 2.42. The van der Waals surface area contributed by atoms with Crippen LogP contribution in [0.5, 0.6) is 0 Å². The van der Waals surface area contributed by atoms with E-state index in [0.29, 0.717) is 0 Å². The van der Waals surface area contributed by atoms with E-state index in [0.717, 1.165) is 24.8 Å². The molecule has 0 radical (unpaired) electrons. The minimum absolute atomic E-state index is 0.510. The van der Waals surface area contributed by atoms with E-state index in [9.17, 15) is 5.11 Å². The highest BCUT2D eigenvalue weighted by Gasteiger charge is 2.30. The zero-order valence-electron chi connectivity index (χ0n) is 10.9. The van der Waals surface area contributed by atoms with E-state index >= 15 is 0 Å². The first kappa shape index (κ1) is 16.5. The Morgan fingerprint density at radius 3 is 2.63 bits per heavy atom. The summed E-state index contributed by atoms with van der Waals surface area (Å²) in [5, 5.41) is 10.00. The van der Waals surface area contributed by atoms with Gasteiger partial charge in [0.05, 0.1) is 0 Å². The van der Waals surface area contributed by atoms with Crippen LogP contribution in [-0.2, 0) is 0 Å². The number of hydrogen-bond donors (Lipinski definition) is 1. The molecule has 0 aliphatic carbocycles. The largest absolute Gasteiger partial charge is 0.378 e. The predicted octanol–water partition coefficient (Wildman–Crippen LogP) is 4.74. The van der Waals surface area contributed by atoms with Gasteiger partial charge < -0.3 is 5.11 Å². The Hall–Kier alpha value is -0.560. The van der Waals surface area contributed by atoms with Crippen LogP contribution in [0.25, 0.3) is 6.08 Å². The number of allylic oxidation sites excluding steroid dienone is 1. The van der Waals surface area contributed by atoms with Gasteiger partial charge in [-0.2, -0.15) is 0 Å². The van der Waals surface area contributed by atoms with Crippen molar-refractivity contribution in [3.63, 3.8) is 0 Å². The van der Waals surface area contributed by atoms with Crippen LogP contribution in [0.1, 0.15) is 31.7 Å². The molecule has 0 fully saturated rings. The Morgan fingerprint density at radius 1 is 1.32 bits per heavy atom. The van der Waals surface area contributed by atoms with Crippen molar-refractivity contribution < 1.29 is 5.11 Å². The number of hydrogen-bond acceptors (Lipinski definition) is 1. The van der Waals surface area contributed by atoms with Gasteiger partial charge in [-0.1, -0.05) is 93.8 Å². The van der Waals surface area contributed by atoms with Gasteiger partial charge in [-0.3, -0.25) is 0 Å². The third-order valence-electron chi connectivity index (χ3n) is 2.64. The van der Waals surface area contributed by atoms with Gasteiger partial charge in [0.15, 0.2) is 0 Å². The van der Waals surface area contributed by atoms with Gasteiger partial charge >= 0.3 is 0 Å². The highest BCUT2D eigenvalue weighted by atomic mass is 79.9. The van der Waals surface area contributed by atoms with Crippen LogP contribution in [0.3, 0.4) is 0 Å². The average molecular weight is 386 g/mol. The molecular formula is C16H18Br2O. The Kier molecular flexibility index (Phi) is 7.45. The molecule has 1 N–H and O–H groups in total. The summed E-state index contributed by atoms with van der Waals surface area (Å²) < 4.78 is -0.510. The van der Waals surface area contributed by atoms with E-state index < -0.39 is 9.34 Å². The summed E-state index contributed by atoms with van der Waals surface area (Å²) in [6, 6.07) is 9.96. The standard InChI is InChI=1S/C16H18Br2O/c1-2-3-13-16(17,18)15(19)12-8-7-11-14-9-5-4-6-10-14/h4-7,9-11,15,19H,2-3,13H2,1H3/b11-7+/t15-/m1/s1. The summed E-state index contributed by atoms with van der Waals surface area (Å²) >= 11 is 6.97. The molecule has 0 bridgehead atoms. The fraction of sp³-hybridized carbons (Fsp3) is 0.375. The Labute approximate surface area is 132 Å². The van der Waals surface area contributed by atoms with E-state index in [1.54, 1.807) is 6.08 Å². The zero-order chi connectivity index (χ0) is 14.1. The number of benzene rings is 1. The van der Waals surface area contributed by atoms with Crippen molar-refractivity contribution in [2.45, 2.75) is 35.5 Å². The molecule has 0 heterocycles. The van der Waals surface area contributed by atoms with Gasteiger partial charge in [0.25, 0.3) is 0 Å². The maximum Gasteiger partial charge on any atom is 0.140 e. The first-order valence-electron chi connectivity index (χ1n) is 6.35. The lowest BCUT2D eigenvalue weighted by Crippen LogP contribution is -2.28. The summed E-state index contributed by atoms with van der Waals surface area (Å²) in [5.74, 6) is 5.70. The number of aliphatic hydroxyl groups is 1. The summed E-state index contributed by atoms with van der Waals surface area (Å²) in [6.07, 6.45) is 5.91. The molecule has 1 aromatic carbocycles. The lowest BCUT2D eigenvalue weighted by Gasteiger charge is -2.22. The topological polar surface area (TPSA) is 20.2 Å². The molecule has 0 spiro atoms. The van der Waals surface area contributed by atoms with Gasteiger partial charge in [0, 0.05) is 0 Å². The minimum atomic E-state index is -0.737. The van der Waals surface area contributed by atoms with Crippen molar-refractivity contribution in [2.24, 2.45) is 0 Å². The summed E-state index contributed by atoms with van der Waals surface area (Å²) in [6.45, 7) is 2.12. The smallest absolute Gasteiger partial charge is 0.140 e. The second-order valence-corrected chi connectivity index (χ2v) is 8.19. The molecule has 1 nitrogen and oxygen atoms in total. The lowest BCUT2D eigenvalue weighted by atomic mass is 10.1. The maximum atomic E-state index is 10.00. The quantitative estimate of drug-likeness (QED) is 0.573. The van der Waals surface area contributed by atoms with E-state index in [1.165, 1.54) is 0 Å². The van der Waals surface area contributed by atoms with Crippen molar-refractivity contribution in [3.8, 4) is 11.8 Å². The fourth-order valence-corrected chi connectivity index (χ4v) is 2.27. The predicted molar refractivity (Wildman–Crippen MR) is 89.4 cm³/mol. The number of aliphatic hydroxyl groups excluding tert-OH is 1. The van der Waals surface area contributed by atoms with Gasteiger partial charge in [-0.15, -0.1) is 0 Å². The first-order valence-corrected chi connectivity index (χ1v) is 7.93. The van der Waals surface area contributed by atoms with Crippen LogP contribution in [0.2, 0.25) is 0 Å². The second-order valence-electron chi connectivity index (χ2n) is 4.30. The Bertz CT molecular complexity index is 455. The molecule has 0 aromatic heterocycles. The van der Waals surface area contributed by atoms with Crippen molar-refractivity contribution >= 4 is 37.9 Å². The molecule has 102 valence electrons. The fourth-order valence-electron chi connectivity index (χ4n) is 1.48. The summed E-state index contributed by atoms with van der Waals surface area (Å²) in [5.41, 5.74) is 1.10. The lowest BCUT2D eigenvalue weighted by molar-refractivity contribution is 0.217. The van der Waals surface area contributed by atoms with Crippen LogP contribution in [-0.4, -0.2) is 14.4 Å². The number of rotatable bonds is 5. The van der Waals surface area contributed by atoms with Gasteiger partial charge in [-0.25, -0.2) is 0 Å². The zero-order valence-corrected chi connectivity index (χ0v) is 14.1. The summed E-state index contributed by atoms with van der Waals surface area (Å²) in [4.78, 5) is 0. The monoisotopic (exact) mass is 384 g/mol. The van der Waals surface area contributed by atoms with E-state index in [2.05, 4.69) is 50.6 Å². The molecule has 0 aliphatic heterocycles. The van der Waals surface area contributed by atoms with E-state index in [-0.39, 0.29) is 0 Å². The third kappa shape index (κ3) is 6.42. The molecule has 19 heavy (non-hydrogen) atoms. The molecule has 0 saturated carbocycles. The molecule has 0 amide bonds. The van der Waals surface area contributed by atoms with Crippen LogP contribution >= 0.6 is 31.9 Å². The Balaban J connectivity index is 2.55. The number of unbranched alkanes of at least 4 members (excludes halogenated alkanes) is 1. The van der Waals surface area contributed by atoms with Crippen LogP contribution in [0, 0.1) is 11.8 Å². The van der Waals surface area contributed by atoms with Crippen molar-refractivity contribution in [2.75, 3.05) is 0 Å². The van der Waals surface area contributed by atoms with Crippen LogP contribution in [0.4, 0.5) is 0 Å². The molecule has 3 heteroatoms. The molecule has 0 unspecified atom stereocenters. The van der Waals surface area contributed by atoms with Gasteiger partial charge in [0.1, 0.15) is 9.34 Å². The second kappa shape index (κ2) is 8.58. The SMILES string of the molecule is CCCCC(Br)(Br)[C@H](O)C#C/C=C/c1ccccc1. The minimum Gasteiger partial charge on any atom is -0.378 e. The van der Waals surface area contributed by atoms with Crippen molar-refractivity contribution in [1.29, 1.82) is 0 Å². The normalized spacial score (nSPS) is 13.1. The molecule has 0 saturated heterocycles. The molecule has 0 aliphatic rings. The highest BCUT2D eigenvalue weighted by molar-refractivity contribution is 9.25. The van der Waals surface area contributed by atoms with Gasteiger partial charge in [-0.05, 0) is 24.1 Å². The number of halogens is 2. The summed E-state index contributed by atoms with van der Waals surface area (Å²) in [7, 11) is 0. The molecule has 1 atom stereocenters.